The number of amides is 1. The predicted molar refractivity (Wildman–Crippen MR) is 93.0 cm³/mol. The summed E-state index contributed by atoms with van der Waals surface area (Å²) in [5.41, 5.74) is 3.67. The van der Waals surface area contributed by atoms with Crippen LogP contribution in [0.1, 0.15) is 35.0 Å². The van der Waals surface area contributed by atoms with Crippen molar-refractivity contribution in [3.63, 3.8) is 0 Å². The highest BCUT2D eigenvalue weighted by Gasteiger charge is 2.12. The number of aromatic nitrogens is 4. The second-order valence-electron chi connectivity index (χ2n) is 5.75. The average molecular weight is 323 g/mol. The number of hydrogen-bond acceptors (Lipinski definition) is 3. The molecule has 1 N–H and O–H groups in total. The first-order valence-corrected chi connectivity index (χ1v) is 8.07. The average Bonchev–Trinajstić information content (AvgIpc) is 3.19. The molecular formula is C18H21N5O. The molecule has 3 rings (SSSR count). The second kappa shape index (κ2) is 7.12. The summed E-state index contributed by atoms with van der Waals surface area (Å²) in [5, 5.41) is 11.4. The summed E-state index contributed by atoms with van der Waals surface area (Å²) in [4.78, 5) is 12.4. The third-order valence-corrected chi connectivity index (χ3v) is 3.87. The van der Waals surface area contributed by atoms with E-state index in [4.69, 9.17) is 0 Å². The first-order chi connectivity index (χ1) is 11.7. The maximum absolute atomic E-state index is 12.4. The molecule has 0 radical (unpaired) electrons. The van der Waals surface area contributed by atoms with Gasteiger partial charge in [-0.15, -0.1) is 0 Å². The molecule has 0 spiro atoms. The Balaban J connectivity index is 1.69. The summed E-state index contributed by atoms with van der Waals surface area (Å²) >= 11 is 0. The summed E-state index contributed by atoms with van der Waals surface area (Å²) in [6, 6.07) is 9.92. The number of anilines is 1. The van der Waals surface area contributed by atoms with E-state index in [0.717, 1.165) is 13.0 Å². The zero-order chi connectivity index (χ0) is 16.9. The lowest BCUT2D eigenvalue weighted by atomic mass is 10.1. The number of carbonyl (C=O) groups is 1. The largest absolute Gasteiger partial charge is 0.318 e. The molecule has 0 bridgehead atoms. The molecule has 3 aromatic rings. The molecule has 6 heteroatoms. The fourth-order valence-electron chi connectivity index (χ4n) is 2.59. The maximum atomic E-state index is 12.4. The van der Waals surface area contributed by atoms with Crippen molar-refractivity contribution >= 4 is 11.6 Å². The fraction of sp³-hybridized carbons (Fsp3) is 0.278. The number of hydrogen-bond donors (Lipinski definition) is 1. The third-order valence-electron chi connectivity index (χ3n) is 3.87. The van der Waals surface area contributed by atoms with E-state index < -0.39 is 0 Å². The Morgan fingerprint density at radius 3 is 2.83 bits per heavy atom. The molecule has 1 amide bonds. The maximum Gasteiger partial charge on any atom is 0.274 e. The SMILES string of the molecule is CCCn1nccc1C(=O)Nc1cnn(Cc2ccccc2C)c1. The Morgan fingerprint density at radius 1 is 1.21 bits per heavy atom. The summed E-state index contributed by atoms with van der Waals surface area (Å²) in [6.45, 7) is 5.54. The molecule has 0 atom stereocenters. The Morgan fingerprint density at radius 2 is 2.04 bits per heavy atom. The first kappa shape index (κ1) is 16.0. The van der Waals surface area contributed by atoms with Crippen molar-refractivity contribution in [1.29, 1.82) is 0 Å². The molecule has 6 nitrogen and oxygen atoms in total. The van der Waals surface area contributed by atoms with E-state index >= 15 is 0 Å². The van der Waals surface area contributed by atoms with Crippen molar-refractivity contribution < 1.29 is 4.79 Å². The molecule has 0 fully saturated rings. The van der Waals surface area contributed by atoms with Crippen molar-refractivity contribution in [3.05, 3.63) is 65.7 Å². The van der Waals surface area contributed by atoms with Gasteiger partial charge in [-0.25, -0.2) is 0 Å². The summed E-state index contributed by atoms with van der Waals surface area (Å²) in [5.74, 6) is -0.170. The van der Waals surface area contributed by atoms with Crippen molar-refractivity contribution in [2.24, 2.45) is 0 Å². The topological polar surface area (TPSA) is 64.7 Å². The van der Waals surface area contributed by atoms with Crippen molar-refractivity contribution in [2.75, 3.05) is 5.32 Å². The van der Waals surface area contributed by atoms with Gasteiger partial charge in [0.2, 0.25) is 0 Å². The lowest BCUT2D eigenvalue weighted by Gasteiger charge is -2.06. The van der Waals surface area contributed by atoms with Gasteiger partial charge >= 0.3 is 0 Å². The zero-order valence-corrected chi connectivity index (χ0v) is 13.9. The van der Waals surface area contributed by atoms with Gasteiger partial charge in [0.05, 0.1) is 18.4 Å². The van der Waals surface area contributed by atoms with Crippen molar-refractivity contribution in [1.82, 2.24) is 19.6 Å². The van der Waals surface area contributed by atoms with Crippen LogP contribution in [0.2, 0.25) is 0 Å². The number of benzene rings is 1. The van der Waals surface area contributed by atoms with E-state index in [1.807, 2.05) is 23.0 Å². The number of carbonyl (C=O) groups excluding carboxylic acids is 1. The van der Waals surface area contributed by atoms with Gasteiger partial charge in [0, 0.05) is 18.9 Å². The molecule has 2 heterocycles. The van der Waals surface area contributed by atoms with E-state index in [-0.39, 0.29) is 5.91 Å². The summed E-state index contributed by atoms with van der Waals surface area (Å²) in [6.07, 6.45) is 6.07. The van der Waals surface area contributed by atoms with Gasteiger partial charge in [-0.1, -0.05) is 31.2 Å². The van der Waals surface area contributed by atoms with Crippen LogP contribution >= 0.6 is 0 Å². The van der Waals surface area contributed by atoms with Crippen LogP contribution in [0.25, 0.3) is 0 Å². The summed E-state index contributed by atoms with van der Waals surface area (Å²) in [7, 11) is 0. The zero-order valence-electron chi connectivity index (χ0n) is 13.9. The minimum absolute atomic E-state index is 0.170. The second-order valence-corrected chi connectivity index (χ2v) is 5.75. The van der Waals surface area contributed by atoms with Gasteiger partial charge in [0.1, 0.15) is 5.69 Å². The molecule has 1 aromatic carbocycles. The molecule has 0 aliphatic heterocycles. The summed E-state index contributed by atoms with van der Waals surface area (Å²) < 4.78 is 3.54. The Kier molecular flexibility index (Phi) is 4.74. The van der Waals surface area contributed by atoms with E-state index in [2.05, 4.69) is 41.5 Å². The van der Waals surface area contributed by atoms with Gasteiger partial charge in [0.15, 0.2) is 0 Å². The van der Waals surface area contributed by atoms with E-state index in [9.17, 15) is 4.79 Å². The number of nitrogens with zero attached hydrogens (tertiary/aromatic N) is 4. The smallest absolute Gasteiger partial charge is 0.274 e. The molecule has 24 heavy (non-hydrogen) atoms. The van der Waals surface area contributed by atoms with Crippen LogP contribution in [0.15, 0.2) is 48.9 Å². The number of aryl methyl sites for hydroxylation is 2. The minimum Gasteiger partial charge on any atom is -0.318 e. The Hall–Kier alpha value is -2.89. The van der Waals surface area contributed by atoms with Gasteiger partial charge in [-0.3, -0.25) is 14.2 Å². The lowest BCUT2D eigenvalue weighted by molar-refractivity contribution is 0.101. The van der Waals surface area contributed by atoms with E-state index in [0.29, 0.717) is 17.9 Å². The van der Waals surface area contributed by atoms with E-state index in [1.165, 1.54) is 11.1 Å². The monoisotopic (exact) mass is 323 g/mol. The predicted octanol–water partition coefficient (Wildman–Crippen LogP) is 3.10. The highest BCUT2D eigenvalue weighted by Crippen LogP contribution is 2.12. The van der Waals surface area contributed by atoms with Crippen molar-refractivity contribution in [3.8, 4) is 0 Å². The van der Waals surface area contributed by atoms with Crippen LogP contribution in [0.4, 0.5) is 5.69 Å². The van der Waals surface area contributed by atoms with Crippen LogP contribution in [0, 0.1) is 6.92 Å². The first-order valence-electron chi connectivity index (χ1n) is 8.07. The molecule has 124 valence electrons. The highest BCUT2D eigenvalue weighted by atomic mass is 16.2. The molecule has 0 saturated carbocycles. The molecule has 2 aromatic heterocycles. The third kappa shape index (κ3) is 3.53. The lowest BCUT2D eigenvalue weighted by Crippen LogP contribution is -2.17. The quantitative estimate of drug-likeness (QED) is 0.758. The van der Waals surface area contributed by atoms with Crippen molar-refractivity contribution in [2.45, 2.75) is 33.4 Å². The van der Waals surface area contributed by atoms with Gasteiger partial charge in [-0.05, 0) is 30.5 Å². The standard InChI is InChI=1S/C18H21N5O/c1-3-10-23-17(8-9-19-23)18(24)21-16-11-20-22(13-16)12-15-7-5-4-6-14(15)2/h4-9,11,13H,3,10,12H2,1-2H3,(H,21,24). The Bertz CT molecular complexity index is 833. The van der Waals surface area contributed by atoms with Gasteiger partial charge in [-0.2, -0.15) is 10.2 Å². The van der Waals surface area contributed by atoms with E-state index in [1.54, 1.807) is 23.1 Å². The fourth-order valence-corrected chi connectivity index (χ4v) is 2.59. The molecule has 0 saturated heterocycles. The van der Waals surface area contributed by atoms with Gasteiger partial charge < -0.3 is 5.32 Å². The Labute approximate surface area is 141 Å². The number of nitrogens with one attached hydrogen (secondary N) is 1. The minimum atomic E-state index is -0.170. The molecule has 0 unspecified atom stereocenters. The molecular weight excluding hydrogens is 302 g/mol. The number of rotatable bonds is 6. The van der Waals surface area contributed by atoms with Crippen LogP contribution in [-0.2, 0) is 13.1 Å². The molecule has 0 aliphatic rings. The van der Waals surface area contributed by atoms with Crippen LogP contribution in [-0.4, -0.2) is 25.5 Å². The van der Waals surface area contributed by atoms with Gasteiger partial charge in [0.25, 0.3) is 5.91 Å². The van der Waals surface area contributed by atoms with Crippen LogP contribution in [0.5, 0.6) is 0 Å². The van der Waals surface area contributed by atoms with Crippen LogP contribution < -0.4 is 5.32 Å². The molecule has 0 aliphatic carbocycles. The van der Waals surface area contributed by atoms with Crippen LogP contribution in [0.3, 0.4) is 0 Å². The highest BCUT2D eigenvalue weighted by molar-refractivity contribution is 6.02. The normalized spacial score (nSPS) is 10.8.